The summed E-state index contributed by atoms with van der Waals surface area (Å²) in [6, 6.07) is 13.5. The Morgan fingerprint density at radius 2 is 1.62 bits per heavy atom. The Balaban J connectivity index is 1.47. The zero-order valence-corrected chi connectivity index (χ0v) is 20.8. The SMILES string of the molecule is CC(=O)Nc1ccc(S(=O)(=O)N2CCC3(CC2)SCCN3C(=O)c2ccc(Br)cc2)cc1. The lowest BCUT2D eigenvalue weighted by Crippen LogP contribution is -2.53. The van der Waals surface area contributed by atoms with E-state index in [1.807, 2.05) is 29.2 Å². The van der Waals surface area contributed by atoms with Gasteiger partial charge < -0.3 is 10.2 Å². The highest BCUT2D eigenvalue weighted by Crippen LogP contribution is 2.45. The molecule has 0 radical (unpaired) electrons. The van der Waals surface area contributed by atoms with Gasteiger partial charge in [-0.15, -0.1) is 11.8 Å². The highest BCUT2D eigenvalue weighted by atomic mass is 79.9. The van der Waals surface area contributed by atoms with Gasteiger partial charge in [0.1, 0.15) is 0 Å². The molecule has 0 unspecified atom stereocenters. The predicted molar refractivity (Wildman–Crippen MR) is 129 cm³/mol. The van der Waals surface area contributed by atoms with E-state index in [0.717, 1.165) is 10.2 Å². The molecule has 0 saturated carbocycles. The van der Waals surface area contributed by atoms with Gasteiger partial charge in [-0.1, -0.05) is 15.9 Å². The number of nitrogens with zero attached hydrogens (tertiary/aromatic N) is 2. The van der Waals surface area contributed by atoms with Gasteiger partial charge in [-0.3, -0.25) is 9.59 Å². The molecule has 2 aliphatic rings. The van der Waals surface area contributed by atoms with Crippen LogP contribution in [0.1, 0.15) is 30.1 Å². The van der Waals surface area contributed by atoms with Gasteiger partial charge in [0.15, 0.2) is 0 Å². The van der Waals surface area contributed by atoms with Crippen molar-refractivity contribution < 1.29 is 18.0 Å². The average Bonchev–Trinajstić information content (AvgIpc) is 3.17. The first-order valence-corrected chi connectivity index (χ1v) is 13.5. The summed E-state index contributed by atoms with van der Waals surface area (Å²) in [5.74, 6) is 0.630. The molecule has 2 amide bonds. The molecule has 0 aliphatic carbocycles. The summed E-state index contributed by atoms with van der Waals surface area (Å²) in [4.78, 5) is 26.1. The quantitative estimate of drug-likeness (QED) is 0.641. The highest BCUT2D eigenvalue weighted by Gasteiger charge is 2.48. The second-order valence-corrected chi connectivity index (χ2v) is 12.2. The monoisotopic (exact) mass is 537 g/mol. The summed E-state index contributed by atoms with van der Waals surface area (Å²) < 4.78 is 28.7. The molecular formula is C22H24BrN3O4S2. The molecule has 2 heterocycles. The molecule has 170 valence electrons. The average molecular weight is 538 g/mol. The first-order chi connectivity index (χ1) is 15.2. The molecule has 0 aromatic heterocycles. The maximum atomic E-state index is 13.2. The predicted octanol–water partition coefficient (Wildman–Crippen LogP) is 3.78. The molecule has 10 heteroatoms. The van der Waals surface area contributed by atoms with Crippen LogP contribution in [0, 0.1) is 0 Å². The minimum atomic E-state index is -3.65. The first-order valence-electron chi connectivity index (χ1n) is 10.3. The standard InChI is InChI=1S/C22H24BrN3O4S2/c1-16(27)24-19-6-8-20(9-7-19)32(29,30)25-12-10-22(11-13-25)26(14-15-31-22)21(28)17-2-4-18(23)5-3-17/h2-9H,10-15H2,1H3,(H,24,27). The number of nitrogens with one attached hydrogen (secondary N) is 1. The molecule has 32 heavy (non-hydrogen) atoms. The largest absolute Gasteiger partial charge is 0.326 e. The van der Waals surface area contributed by atoms with Crippen molar-refractivity contribution in [3.8, 4) is 0 Å². The minimum absolute atomic E-state index is 0.00707. The third-order valence-electron chi connectivity index (χ3n) is 5.83. The Bertz CT molecular complexity index is 1110. The van der Waals surface area contributed by atoms with E-state index >= 15 is 0 Å². The van der Waals surface area contributed by atoms with Crippen molar-refractivity contribution >= 4 is 55.2 Å². The van der Waals surface area contributed by atoms with Crippen LogP contribution in [-0.4, -0.2) is 59.7 Å². The van der Waals surface area contributed by atoms with E-state index in [4.69, 9.17) is 0 Å². The second kappa shape index (κ2) is 9.17. The lowest BCUT2D eigenvalue weighted by atomic mass is 10.0. The van der Waals surface area contributed by atoms with E-state index in [1.165, 1.54) is 23.4 Å². The molecule has 0 atom stereocenters. The number of benzene rings is 2. The smallest absolute Gasteiger partial charge is 0.254 e. The number of anilines is 1. The Labute approximate surface area is 200 Å². The Morgan fingerprint density at radius 1 is 1.00 bits per heavy atom. The summed E-state index contributed by atoms with van der Waals surface area (Å²) in [6.45, 7) is 2.77. The molecule has 2 aromatic rings. The molecular weight excluding hydrogens is 514 g/mol. The van der Waals surface area contributed by atoms with Crippen molar-refractivity contribution in [2.24, 2.45) is 0 Å². The molecule has 4 rings (SSSR count). The van der Waals surface area contributed by atoms with Crippen LogP contribution in [0.4, 0.5) is 5.69 Å². The number of hydrogen-bond donors (Lipinski definition) is 1. The first kappa shape index (κ1) is 23.3. The van der Waals surface area contributed by atoms with Crippen molar-refractivity contribution in [2.45, 2.75) is 29.5 Å². The van der Waals surface area contributed by atoms with Crippen LogP contribution >= 0.6 is 27.7 Å². The third kappa shape index (κ3) is 4.59. The van der Waals surface area contributed by atoms with Gasteiger partial charge in [0.2, 0.25) is 15.9 Å². The van der Waals surface area contributed by atoms with Crippen molar-refractivity contribution in [1.29, 1.82) is 0 Å². The topological polar surface area (TPSA) is 86.8 Å². The molecule has 2 saturated heterocycles. The molecule has 0 bridgehead atoms. The Morgan fingerprint density at radius 3 is 2.22 bits per heavy atom. The van der Waals surface area contributed by atoms with Crippen LogP contribution in [0.2, 0.25) is 0 Å². The number of hydrogen-bond acceptors (Lipinski definition) is 5. The fourth-order valence-electron chi connectivity index (χ4n) is 4.20. The lowest BCUT2D eigenvalue weighted by molar-refractivity contribution is -0.114. The van der Waals surface area contributed by atoms with Crippen LogP contribution in [0.15, 0.2) is 57.9 Å². The lowest BCUT2D eigenvalue weighted by Gasteiger charge is -2.43. The van der Waals surface area contributed by atoms with Crippen molar-refractivity contribution in [3.63, 3.8) is 0 Å². The number of carbonyl (C=O) groups is 2. The summed E-state index contributed by atoms with van der Waals surface area (Å²) in [7, 11) is -3.65. The van der Waals surface area contributed by atoms with Gasteiger partial charge >= 0.3 is 0 Å². The van der Waals surface area contributed by atoms with Gasteiger partial charge in [-0.25, -0.2) is 8.42 Å². The number of thioether (sulfide) groups is 1. The van der Waals surface area contributed by atoms with E-state index in [2.05, 4.69) is 21.2 Å². The zero-order valence-electron chi connectivity index (χ0n) is 17.6. The van der Waals surface area contributed by atoms with Gasteiger partial charge in [0.25, 0.3) is 5.91 Å². The van der Waals surface area contributed by atoms with E-state index < -0.39 is 10.0 Å². The highest BCUT2D eigenvalue weighted by molar-refractivity contribution is 9.10. The summed E-state index contributed by atoms with van der Waals surface area (Å²) in [5.41, 5.74) is 1.20. The van der Waals surface area contributed by atoms with Crippen molar-refractivity contribution in [2.75, 3.05) is 30.7 Å². The van der Waals surface area contributed by atoms with E-state index in [-0.39, 0.29) is 21.6 Å². The fraction of sp³-hybridized carbons (Fsp3) is 0.364. The molecule has 2 aromatic carbocycles. The molecule has 1 spiro atoms. The van der Waals surface area contributed by atoms with Crippen LogP contribution < -0.4 is 5.32 Å². The number of rotatable bonds is 4. The summed E-state index contributed by atoms with van der Waals surface area (Å²) in [6.07, 6.45) is 1.17. The second-order valence-electron chi connectivity index (χ2n) is 7.87. The van der Waals surface area contributed by atoms with E-state index in [1.54, 1.807) is 23.9 Å². The Kier molecular flexibility index (Phi) is 6.67. The van der Waals surface area contributed by atoms with Gasteiger partial charge in [0, 0.05) is 48.0 Å². The number of sulfonamides is 1. The van der Waals surface area contributed by atoms with Crippen LogP contribution in [0.3, 0.4) is 0 Å². The number of carbonyl (C=O) groups excluding carboxylic acids is 2. The normalized spacial score (nSPS) is 18.6. The van der Waals surface area contributed by atoms with Crippen molar-refractivity contribution in [1.82, 2.24) is 9.21 Å². The molecule has 2 fully saturated rings. The van der Waals surface area contributed by atoms with Gasteiger partial charge in [0.05, 0.1) is 9.77 Å². The Hall–Kier alpha value is -1.88. The van der Waals surface area contributed by atoms with Crippen molar-refractivity contribution in [3.05, 3.63) is 58.6 Å². The summed E-state index contributed by atoms with van der Waals surface area (Å²) >= 11 is 5.15. The van der Waals surface area contributed by atoms with Gasteiger partial charge in [-0.2, -0.15) is 4.31 Å². The third-order valence-corrected chi connectivity index (χ3v) is 9.82. The molecule has 7 nitrogen and oxygen atoms in total. The maximum Gasteiger partial charge on any atom is 0.254 e. The zero-order chi connectivity index (χ0) is 22.9. The van der Waals surface area contributed by atoms with Gasteiger partial charge in [-0.05, 0) is 61.4 Å². The number of amides is 2. The fourth-order valence-corrected chi connectivity index (χ4v) is 7.36. The van der Waals surface area contributed by atoms with Crippen LogP contribution in [0.5, 0.6) is 0 Å². The number of piperidine rings is 1. The summed E-state index contributed by atoms with van der Waals surface area (Å²) in [5, 5.41) is 2.64. The molecule has 2 aliphatic heterocycles. The maximum absolute atomic E-state index is 13.2. The van der Waals surface area contributed by atoms with Crippen LogP contribution in [-0.2, 0) is 14.8 Å². The van der Waals surface area contributed by atoms with Crippen LogP contribution in [0.25, 0.3) is 0 Å². The minimum Gasteiger partial charge on any atom is -0.326 e. The molecule has 1 N–H and O–H groups in total. The van der Waals surface area contributed by atoms with E-state index in [0.29, 0.717) is 43.7 Å². The van der Waals surface area contributed by atoms with E-state index in [9.17, 15) is 18.0 Å². The number of halogens is 1.